The fourth-order valence-corrected chi connectivity index (χ4v) is 2.29. The first-order chi connectivity index (χ1) is 9.95. The van der Waals surface area contributed by atoms with E-state index in [2.05, 4.69) is 0 Å². The van der Waals surface area contributed by atoms with E-state index in [-0.39, 0.29) is 12.2 Å². The van der Waals surface area contributed by atoms with Crippen LogP contribution < -0.4 is 5.73 Å². The monoisotopic (exact) mass is 287 g/mol. The second-order valence-corrected chi connectivity index (χ2v) is 5.20. The van der Waals surface area contributed by atoms with Gasteiger partial charge in [-0.15, -0.1) is 0 Å². The molecule has 0 spiro atoms. The summed E-state index contributed by atoms with van der Waals surface area (Å²) in [6, 6.07) is 11.7. The lowest BCUT2D eigenvalue weighted by Crippen LogP contribution is -2.15. The minimum Gasteiger partial charge on any atom is -0.481 e. The van der Waals surface area contributed by atoms with Gasteiger partial charge in [-0.05, 0) is 47.7 Å². The molecule has 0 aliphatic carbocycles. The number of hydrogen-bond acceptors (Lipinski definition) is 2. The number of carboxylic acid groups (broad SMARTS) is 1. The molecule has 0 bridgehead atoms. The van der Waals surface area contributed by atoms with Crippen LogP contribution in [0, 0.1) is 12.7 Å². The summed E-state index contributed by atoms with van der Waals surface area (Å²) < 4.78 is 13.3. The molecule has 0 amide bonds. The summed E-state index contributed by atoms with van der Waals surface area (Å²) in [5.74, 6) is -1.18. The Balaban J connectivity index is 2.21. The highest BCUT2D eigenvalue weighted by molar-refractivity contribution is 5.67. The molecule has 0 saturated carbocycles. The van der Waals surface area contributed by atoms with Crippen LogP contribution in [-0.2, 0) is 11.2 Å². The predicted octanol–water partition coefficient (Wildman–Crippen LogP) is 3.20. The van der Waals surface area contributed by atoms with Crippen molar-refractivity contribution in [1.29, 1.82) is 0 Å². The molecule has 0 aliphatic rings. The summed E-state index contributed by atoms with van der Waals surface area (Å²) >= 11 is 0. The van der Waals surface area contributed by atoms with Crippen molar-refractivity contribution in [2.24, 2.45) is 5.73 Å². The maximum atomic E-state index is 13.3. The molecule has 1 atom stereocenters. The number of nitrogens with two attached hydrogens (primary N) is 1. The van der Waals surface area contributed by atoms with Crippen molar-refractivity contribution in [3.05, 3.63) is 70.5 Å². The number of carbonyl (C=O) groups is 1. The van der Waals surface area contributed by atoms with Crippen LogP contribution in [0.3, 0.4) is 0 Å². The third-order valence-electron chi connectivity index (χ3n) is 3.48. The number of aliphatic carboxylic acids is 1. The molecular weight excluding hydrogens is 269 g/mol. The van der Waals surface area contributed by atoms with E-state index >= 15 is 0 Å². The van der Waals surface area contributed by atoms with E-state index in [1.54, 1.807) is 6.07 Å². The number of aryl methyl sites for hydroxylation is 1. The molecule has 0 aliphatic heterocycles. The lowest BCUT2D eigenvalue weighted by molar-refractivity contribution is -0.137. The van der Waals surface area contributed by atoms with Crippen molar-refractivity contribution in [3.63, 3.8) is 0 Å². The van der Waals surface area contributed by atoms with E-state index in [1.807, 2.05) is 31.2 Å². The Morgan fingerprint density at radius 2 is 2.05 bits per heavy atom. The summed E-state index contributed by atoms with van der Waals surface area (Å²) in [5.41, 5.74) is 9.58. The molecule has 21 heavy (non-hydrogen) atoms. The van der Waals surface area contributed by atoms with E-state index in [0.29, 0.717) is 6.42 Å². The van der Waals surface area contributed by atoms with Gasteiger partial charge in [0.25, 0.3) is 0 Å². The fourth-order valence-electron chi connectivity index (χ4n) is 2.29. The zero-order valence-electron chi connectivity index (χ0n) is 11.8. The average molecular weight is 287 g/mol. The van der Waals surface area contributed by atoms with Crippen LogP contribution in [0.2, 0.25) is 0 Å². The van der Waals surface area contributed by atoms with Crippen molar-refractivity contribution < 1.29 is 14.3 Å². The third-order valence-corrected chi connectivity index (χ3v) is 3.48. The van der Waals surface area contributed by atoms with Crippen molar-refractivity contribution in [1.82, 2.24) is 0 Å². The highest BCUT2D eigenvalue weighted by Gasteiger charge is 2.11. The van der Waals surface area contributed by atoms with E-state index in [1.165, 1.54) is 12.1 Å². The van der Waals surface area contributed by atoms with E-state index in [4.69, 9.17) is 10.8 Å². The van der Waals surface area contributed by atoms with Crippen LogP contribution >= 0.6 is 0 Å². The molecule has 0 fully saturated rings. The number of carboxylic acids is 1. The van der Waals surface area contributed by atoms with Gasteiger partial charge in [-0.3, -0.25) is 4.79 Å². The van der Waals surface area contributed by atoms with E-state index < -0.39 is 12.0 Å². The molecule has 2 aromatic rings. The normalized spacial score (nSPS) is 12.1. The SMILES string of the molecule is Cc1ccc(F)cc1Cc1cccc(C(N)CC(=O)O)c1. The molecule has 2 aromatic carbocycles. The lowest BCUT2D eigenvalue weighted by Gasteiger charge is -2.12. The van der Waals surface area contributed by atoms with Gasteiger partial charge in [0.15, 0.2) is 0 Å². The molecule has 110 valence electrons. The van der Waals surface area contributed by atoms with Crippen LogP contribution in [0.15, 0.2) is 42.5 Å². The minimum absolute atomic E-state index is 0.109. The molecular formula is C17H18FNO2. The molecule has 0 heterocycles. The van der Waals surface area contributed by atoms with Crippen LogP contribution in [0.4, 0.5) is 4.39 Å². The Bertz CT molecular complexity index is 655. The Labute approximate surface area is 123 Å². The van der Waals surface area contributed by atoms with Gasteiger partial charge in [-0.2, -0.15) is 0 Å². The Morgan fingerprint density at radius 3 is 2.76 bits per heavy atom. The molecule has 3 N–H and O–H groups in total. The van der Waals surface area contributed by atoms with Crippen LogP contribution in [-0.4, -0.2) is 11.1 Å². The van der Waals surface area contributed by atoms with Gasteiger partial charge in [-0.1, -0.05) is 30.3 Å². The van der Waals surface area contributed by atoms with Gasteiger partial charge >= 0.3 is 5.97 Å². The number of benzene rings is 2. The van der Waals surface area contributed by atoms with Crippen molar-refractivity contribution >= 4 is 5.97 Å². The molecule has 1 unspecified atom stereocenters. The zero-order chi connectivity index (χ0) is 15.4. The average Bonchev–Trinajstić information content (AvgIpc) is 2.42. The Morgan fingerprint density at radius 1 is 1.29 bits per heavy atom. The third kappa shape index (κ3) is 4.13. The first-order valence-electron chi connectivity index (χ1n) is 6.77. The topological polar surface area (TPSA) is 63.3 Å². The van der Waals surface area contributed by atoms with Gasteiger partial charge in [-0.25, -0.2) is 4.39 Å². The molecule has 0 radical (unpaired) electrons. The molecule has 4 heteroatoms. The highest BCUT2D eigenvalue weighted by Crippen LogP contribution is 2.20. The largest absolute Gasteiger partial charge is 0.481 e. The quantitative estimate of drug-likeness (QED) is 0.887. The maximum absolute atomic E-state index is 13.3. The summed E-state index contributed by atoms with van der Waals surface area (Å²) in [7, 11) is 0. The Kier molecular flexibility index (Phi) is 4.70. The lowest BCUT2D eigenvalue weighted by atomic mass is 9.96. The summed E-state index contributed by atoms with van der Waals surface area (Å²) in [6.45, 7) is 1.94. The van der Waals surface area contributed by atoms with Gasteiger partial charge in [0.05, 0.1) is 6.42 Å². The second kappa shape index (κ2) is 6.50. The first kappa shape index (κ1) is 15.2. The van der Waals surface area contributed by atoms with Crippen LogP contribution in [0.25, 0.3) is 0 Å². The molecule has 3 nitrogen and oxygen atoms in total. The summed E-state index contributed by atoms with van der Waals surface area (Å²) in [4.78, 5) is 10.7. The van der Waals surface area contributed by atoms with Gasteiger partial charge < -0.3 is 10.8 Å². The fraction of sp³-hybridized carbons (Fsp3) is 0.235. The van der Waals surface area contributed by atoms with E-state index in [0.717, 1.165) is 22.3 Å². The first-order valence-corrected chi connectivity index (χ1v) is 6.77. The number of rotatable bonds is 5. The van der Waals surface area contributed by atoms with Gasteiger partial charge in [0, 0.05) is 6.04 Å². The summed E-state index contributed by atoms with van der Waals surface area (Å²) in [6.07, 6.45) is 0.486. The predicted molar refractivity (Wildman–Crippen MR) is 79.6 cm³/mol. The molecule has 0 saturated heterocycles. The van der Waals surface area contributed by atoms with Crippen LogP contribution in [0.1, 0.15) is 34.7 Å². The van der Waals surface area contributed by atoms with Crippen molar-refractivity contribution in [2.75, 3.05) is 0 Å². The maximum Gasteiger partial charge on any atom is 0.305 e. The number of hydrogen-bond donors (Lipinski definition) is 2. The highest BCUT2D eigenvalue weighted by atomic mass is 19.1. The molecule has 2 rings (SSSR count). The Hall–Kier alpha value is -2.20. The van der Waals surface area contributed by atoms with Crippen molar-refractivity contribution in [2.45, 2.75) is 25.8 Å². The standard InChI is InChI=1S/C17H18FNO2/c1-11-5-6-15(18)9-14(11)8-12-3-2-4-13(7-12)16(19)10-17(20)21/h2-7,9,16H,8,10,19H2,1H3,(H,20,21). The van der Waals surface area contributed by atoms with Crippen LogP contribution in [0.5, 0.6) is 0 Å². The second-order valence-electron chi connectivity index (χ2n) is 5.20. The van der Waals surface area contributed by atoms with Gasteiger partial charge in [0.1, 0.15) is 5.82 Å². The smallest absolute Gasteiger partial charge is 0.305 e. The molecule has 0 aromatic heterocycles. The van der Waals surface area contributed by atoms with E-state index in [9.17, 15) is 9.18 Å². The number of halogens is 1. The van der Waals surface area contributed by atoms with Gasteiger partial charge in [0.2, 0.25) is 0 Å². The van der Waals surface area contributed by atoms with Crippen molar-refractivity contribution in [3.8, 4) is 0 Å². The minimum atomic E-state index is -0.922. The summed E-state index contributed by atoms with van der Waals surface area (Å²) in [5, 5.41) is 8.79. The zero-order valence-corrected chi connectivity index (χ0v) is 11.8.